The Labute approximate surface area is 113 Å². The third-order valence-corrected chi connectivity index (χ3v) is 3.91. The van der Waals surface area contributed by atoms with Crippen LogP contribution in [-0.2, 0) is 4.79 Å². The molecular formula is C15H21FN2O. The molecule has 0 saturated carbocycles. The first-order valence-corrected chi connectivity index (χ1v) is 6.76. The number of carbonyl (C=O) groups excluding carboxylic acids is 1. The fourth-order valence-corrected chi connectivity index (χ4v) is 2.54. The predicted octanol–water partition coefficient (Wildman–Crippen LogP) is 2.33. The van der Waals surface area contributed by atoms with Crippen LogP contribution in [0, 0.1) is 17.7 Å². The van der Waals surface area contributed by atoms with Crippen LogP contribution in [0.5, 0.6) is 0 Å². The normalized spacial score (nSPS) is 21.2. The van der Waals surface area contributed by atoms with E-state index < -0.39 is 6.04 Å². The molecule has 1 saturated heterocycles. The summed E-state index contributed by atoms with van der Waals surface area (Å²) in [4.78, 5) is 13.7. The van der Waals surface area contributed by atoms with Crippen molar-refractivity contribution in [3.05, 3.63) is 35.6 Å². The highest BCUT2D eigenvalue weighted by molar-refractivity contribution is 5.78. The summed E-state index contributed by atoms with van der Waals surface area (Å²) in [7, 11) is 0. The summed E-state index contributed by atoms with van der Waals surface area (Å²) in [5.41, 5.74) is 6.50. The highest BCUT2D eigenvalue weighted by Crippen LogP contribution is 2.26. The molecule has 1 heterocycles. The van der Waals surface area contributed by atoms with Crippen LogP contribution < -0.4 is 5.73 Å². The quantitative estimate of drug-likeness (QED) is 0.907. The van der Waals surface area contributed by atoms with Crippen molar-refractivity contribution in [3.8, 4) is 0 Å². The Morgan fingerprint density at radius 3 is 2.68 bits per heavy atom. The number of nitrogens with two attached hydrogens (primary N) is 1. The number of halogens is 1. The number of hydrogen-bond donors (Lipinski definition) is 1. The van der Waals surface area contributed by atoms with Crippen molar-refractivity contribution in [2.45, 2.75) is 26.3 Å². The molecule has 1 fully saturated rings. The molecule has 0 spiro atoms. The Hall–Kier alpha value is -1.42. The van der Waals surface area contributed by atoms with Gasteiger partial charge in [0, 0.05) is 25.1 Å². The van der Waals surface area contributed by atoms with E-state index in [1.165, 1.54) is 6.07 Å². The zero-order valence-electron chi connectivity index (χ0n) is 11.5. The average molecular weight is 264 g/mol. The van der Waals surface area contributed by atoms with E-state index in [1.807, 2.05) is 0 Å². The number of amides is 1. The van der Waals surface area contributed by atoms with Gasteiger partial charge in [0.25, 0.3) is 0 Å². The SMILES string of the molecule is CC(C)C1CC(=O)N(CC(N)c2ccccc2F)C1. The zero-order valence-corrected chi connectivity index (χ0v) is 11.5. The molecule has 1 aromatic carbocycles. The maximum atomic E-state index is 13.6. The Balaban J connectivity index is 2.02. The van der Waals surface area contributed by atoms with Gasteiger partial charge in [-0.15, -0.1) is 0 Å². The van der Waals surface area contributed by atoms with Gasteiger partial charge in [-0.2, -0.15) is 0 Å². The molecule has 2 unspecified atom stereocenters. The Morgan fingerprint density at radius 2 is 2.11 bits per heavy atom. The van der Waals surface area contributed by atoms with E-state index in [1.54, 1.807) is 23.1 Å². The molecule has 2 atom stereocenters. The summed E-state index contributed by atoms with van der Waals surface area (Å²) in [5.74, 6) is 0.700. The summed E-state index contributed by atoms with van der Waals surface area (Å²) in [6.07, 6.45) is 0.585. The summed E-state index contributed by atoms with van der Waals surface area (Å²) in [6, 6.07) is 6.02. The van der Waals surface area contributed by atoms with Gasteiger partial charge in [0.15, 0.2) is 0 Å². The van der Waals surface area contributed by atoms with Gasteiger partial charge in [-0.3, -0.25) is 4.79 Å². The zero-order chi connectivity index (χ0) is 14.0. The van der Waals surface area contributed by atoms with Gasteiger partial charge >= 0.3 is 0 Å². The molecule has 0 aromatic heterocycles. The monoisotopic (exact) mass is 264 g/mol. The highest BCUT2D eigenvalue weighted by Gasteiger charge is 2.32. The Morgan fingerprint density at radius 1 is 1.42 bits per heavy atom. The molecule has 2 N–H and O–H groups in total. The van der Waals surface area contributed by atoms with Gasteiger partial charge in [-0.25, -0.2) is 4.39 Å². The lowest BCUT2D eigenvalue weighted by atomic mass is 9.95. The molecule has 19 heavy (non-hydrogen) atoms. The minimum absolute atomic E-state index is 0.130. The first-order valence-electron chi connectivity index (χ1n) is 6.76. The van der Waals surface area contributed by atoms with Crippen molar-refractivity contribution in [1.82, 2.24) is 4.90 Å². The molecule has 1 amide bonds. The molecule has 1 aromatic rings. The largest absolute Gasteiger partial charge is 0.340 e. The third kappa shape index (κ3) is 3.13. The molecule has 104 valence electrons. The lowest BCUT2D eigenvalue weighted by Gasteiger charge is -2.22. The van der Waals surface area contributed by atoms with Crippen LogP contribution in [0.1, 0.15) is 31.9 Å². The number of hydrogen-bond acceptors (Lipinski definition) is 2. The summed E-state index contributed by atoms with van der Waals surface area (Å²) in [5, 5.41) is 0. The minimum Gasteiger partial charge on any atom is -0.340 e. The van der Waals surface area contributed by atoms with E-state index in [9.17, 15) is 9.18 Å². The first-order chi connectivity index (χ1) is 8.99. The van der Waals surface area contributed by atoms with Gasteiger partial charge < -0.3 is 10.6 Å². The topological polar surface area (TPSA) is 46.3 Å². The summed E-state index contributed by atoms with van der Waals surface area (Å²) in [6.45, 7) is 5.37. The molecule has 3 nitrogen and oxygen atoms in total. The average Bonchev–Trinajstić information content (AvgIpc) is 2.71. The number of benzene rings is 1. The van der Waals surface area contributed by atoms with Crippen molar-refractivity contribution < 1.29 is 9.18 Å². The second-order valence-electron chi connectivity index (χ2n) is 5.63. The molecule has 0 bridgehead atoms. The molecule has 1 aliphatic heterocycles. The molecule has 0 radical (unpaired) electrons. The highest BCUT2D eigenvalue weighted by atomic mass is 19.1. The minimum atomic E-state index is -0.462. The maximum Gasteiger partial charge on any atom is 0.222 e. The fraction of sp³-hybridized carbons (Fsp3) is 0.533. The molecule has 2 rings (SSSR count). The number of nitrogens with zero attached hydrogens (tertiary/aromatic N) is 1. The first kappa shape index (κ1) is 14.0. The number of carbonyl (C=O) groups is 1. The molecular weight excluding hydrogens is 243 g/mol. The van der Waals surface area contributed by atoms with E-state index in [-0.39, 0.29) is 11.7 Å². The smallest absolute Gasteiger partial charge is 0.222 e. The van der Waals surface area contributed by atoms with Crippen molar-refractivity contribution in [3.63, 3.8) is 0 Å². The van der Waals surface area contributed by atoms with Gasteiger partial charge in [-0.05, 0) is 17.9 Å². The van der Waals surface area contributed by atoms with Crippen LogP contribution >= 0.6 is 0 Å². The maximum absolute atomic E-state index is 13.6. The standard InChI is InChI=1S/C15H21FN2O/c1-10(2)11-7-15(19)18(8-11)9-14(17)12-5-3-4-6-13(12)16/h3-6,10-11,14H,7-9,17H2,1-2H3. The van der Waals surface area contributed by atoms with E-state index in [4.69, 9.17) is 5.73 Å². The predicted molar refractivity (Wildman–Crippen MR) is 72.9 cm³/mol. The summed E-state index contributed by atoms with van der Waals surface area (Å²) >= 11 is 0. The van der Waals surface area contributed by atoms with Gasteiger partial charge in [0.05, 0.1) is 6.04 Å². The molecule has 4 heteroatoms. The number of likely N-dealkylation sites (tertiary alicyclic amines) is 1. The van der Waals surface area contributed by atoms with Gasteiger partial charge in [-0.1, -0.05) is 32.0 Å². The van der Waals surface area contributed by atoms with Crippen molar-refractivity contribution in [2.75, 3.05) is 13.1 Å². The second-order valence-corrected chi connectivity index (χ2v) is 5.63. The van der Waals surface area contributed by atoms with Crippen LogP contribution in [0.3, 0.4) is 0 Å². The van der Waals surface area contributed by atoms with Crippen molar-refractivity contribution >= 4 is 5.91 Å². The van der Waals surface area contributed by atoms with Crippen LogP contribution in [0.25, 0.3) is 0 Å². The fourth-order valence-electron chi connectivity index (χ4n) is 2.54. The van der Waals surface area contributed by atoms with E-state index >= 15 is 0 Å². The van der Waals surface area contributed by atoms with Crippen LogP contribution in [-0.4, -0.2) is 23.9 Å². The third-order valence-electron chi connectivity index (χ3n) is 3.91. The van der Waals surface area contributed by atoms with Gasteiger partial charge in [0.1, 0.15) is 5.82 Å². The van der Waals surface area contributed by atoms with E-state index in [0.717, 1.165) is 6.54 Å². The van der Waals surface area contributed by atoms with Crippen LogP contribution in [0.2, 0.25) is 0 Å². The van der Waals surface area contributed by atoms with Gasteiger partial charge in [0.2, 0.25) is 5.91 Å². The summed E-state index contributed by atoms with van der Waals surface area (Å²) < 4.78 is 13.6. The van der Waals surface area contributed by atoms with Crippen LogP contribution in [0.4, 0.5) is 4.39 Å². The lowest BCUT2D eigenvalue weighted by molar-refractivity contribution is -0.128. The van der Waals surface area contributed by atoms with E-state index in [0.29, 0.717) is 30.4 Å². The second kappa shape index (κ2) is 5.70. The Kier molecular flexibility index (Phi) is 4.20. The van der Waals surface area contributed by atoms with Crippen molar-refractivity contribution in [2.24, 2.45) is 17.6 Å². The van der Waals surface area contributed by atoms with Crippen molar-refractivity contribution in [1.29, 1.82) is 0 Å². The van der Waals surface area contributed by atoms with Crippen LogP contribution in [0.15, 0.2) is 24.3 Å². The lowest BCUT2D eigenvalue weighted by Crippen LogP contribution is -2.34. The number of rotatable bonds is 4. The Bertz CT molecular complexity index is 461. The molecule has 1 aliphatic rings. The molecule has 0 aliphatic carbocycles. The van der Waals surface area contributed by atoms with E-state index in [2.05, 4.69) is 13.8 Å².